The second-order valence-electron chi connectivity index (χ2n) is 1.38. The van der Waals surface area contributed by atoms with E-state index in [0.29, 0.717) is 0 Å². The molecule has 2 nitrogen and oxygen atoms in total. The first-order valence-electron chi connectivity index (χ1n) is 2.30. The van der Waals surface area contributed by atoms with Crippen molar-refractivity contribution in [3.63, 3.8) is 0 Å². The number of nitrogens with zero attached hydrogens (tertiary/aromatic N) is 2. The zero-order valence-electron chi connectivity index (χ0n) is 4.66. The van der Waals surface area contributed by atoms with Gasteiger partial charge in [0.05, 0.1) is 0 Å². The third kappa shape index (κ3) is 2.24. The molecule has 0 radical (unpaired) electrons. The number of halogens is 1. The summed E-state index contributed by atoms with van der Waals surface area (Å²) in [7, 11) is 0. The second kappa shape index (κ2) is 4.04. The highest BCUT2D eigenvalue weighted by atomic mass is 79.9. The van der Waals surface area contributed by atoms with Gasteiger partial charge in [-0.2, -0.15) is 0 Å². The van der Waals surface area contributed by atoms with E-state index in [1.807, 2.05) is 24.4 Å². The highest BCUT2D eigenvalue weighted by Gasteiger charge is 1.85. The number of rotatable bonds is 0. The van der Waals surface area contributed by atoms with Gasteiger partial charge in [0.15, 0.2) is 5.26 Å². The topological polar surface area (TPSA) is 27.7 Å². The van der Waals surface area contributed by atoms with Crippen molar-refractivity contribution in [3.05, 3.63) is 30.6 Å². The largest absolute Gasteiger partial charge is 1.00 e. The van der Waals surface area contributed by atoms with Crippen molar-refractivity contribution in [1.29, 1.82) is 5.26 Å². The van der Waals surface area contributed by atoms with E-state index in [0.717, 1.165) is 0 Å². The van der Waals surface area contributed by atoms with Crippen molar-refractivity contribution >= 4 is 0 Å². The minimum atomic E-state index is 0. The maximum absolute atomic E-state index is 8.25. The summed E-state index contributed by atoms with van der Waals surface area (Å²) in [5.41, 5.74) is 0. The smallest absolute Gasteiger partial charge is 0.463 e. The average Bonchev–Trinajstić information content (AvgIpc) is 1.90. The van der Waals surface area contributed by atoms with Gasteiger partial charge in [-0.1, -0.05) is 6.07 Å². The number of aromatic nitrogens is 1. The molecule has 0 fully saturated rings. The summed E-state index contributed by atoms with van der Waals surface area (Å²) >= 11 is 0. The molecule has 0 saturated carbocycles. The number of nitriles is 1. The summed E-state index contributed by atoms with van der Waals surface area (Å²) in [5.74, 6) is 0. The lowest BCUT2D eigenvalue weighted by Gasteiger charge is -1.76. The summed E-state index contributed by atoms with van der Waals surface area (Å²) in [4.78, 5) is 0. The molecular weight excluding hydrogens is 180 g/mol. The van der Waals surface area contributed by atoms with Gasteiger partial charge < -0.3 is 17.0 Å². The van der Waals surface area contributed by atoms with Gasteiger partial charge in [0, 0.05) is 0 Å². The molecular formula is C6H5BrN2. The quantitative estimate of drug-likeness (QED) is 0.404. The normalized spacial score (nSPS) is 7.00. The van der Waals surface area contributed by atoms with Crippen molar-refractivity contribution in [2.24, 2.45) is 0 Å². The minimum Gasteiger partial charge on any atom is -1.00 e. The lowest BCUT2D eigenvalue weighted by Crippen LogP contribution is -3.00. The summed E-state index contributed by atoms with van der Waals surface area (Å²) in [6.45, 7) is 0. The van der Waals surface area contributed by atoms with Gasteiger partial charge >= 0.3 is 6.19 Å². The summed E-state index contributed by atoms with van der Waals surface area (Å²) < 4.78 is 1.43. The highest BCUT2D eigenvalue weighted by molar-refractivity contribution is 4.84. The molecule has 0 aliphatic rings. The van der Waals surface area contributed by atoms with Crippen molar-refractivity contribution in [2.75, 3.05) is 0 Å². The van der Waals surface area contributed by atoms with Crippen molar-refractivity contribution in [1.82, 2.24) is 0 Å². The molecule has 0 spiro atoms. The molecule has 0 N–H and O–H groups in total. The van der Waals surface area contributed by atoms with E-state index in [1.165, 1.54) is 4.57 Å². The van der Waals surface area contributed by atoms with Crippen LogP contribution in [-0.4, -0.2) is 0 Å². The molecule has 1 heterocycles. The minimum absolute atomic E-state index is 0. The van der Waals surface area contributed by atoms with Crippen LogP contribution in [0, 0.1) is 11.5 Å². The van der Waals surface area contributed by atoms with Crippen molar-refractivity contribution < 1.29 is 21.5 Å². The van der Waals surface area contributed by atoms with Crippen LogP contribution in [0.2, 0.25) is 0 Å². The van der Waals surface area contributed by atoms with E-state index in [2.05, 4.69) is 0 Å². The molecule has 0 aromatic carbocycles. The molecule has 0 amide bonds. The van der Waals surface area contributed by atoms with Gasteiger partial charge in [0.1, 0.15) is 12.4 Å². The Bertz CT molecular complexity index is 202. The van der Waals surface area contributed by atoms with Gasteiger partial charge in [0.25, 0.3) is 0 Å². The molecule has 1 rings (SSSR count). The predicted octanol–water partition coefficient (Wildman–Crippen LogP) is -2.69. The first-order chi connectivity index (χ1) is 3.93. The molecule has 0 aliphatic heterocycles. The SMILES string of the molecule is N#C[n+]1ccccc1.[Br-]. The molecule has 3 heteroatoms. The Kier molecular flexibility index (Phi) is 3.65. The van der Waals surface area contributed by atoms with Crippen LogP contribution in [0.4, 0.5) is 0 Å². The lowest BCUT2D eigenvalue weighted by molar-refractivity contribution is -0.586. The first kappa shape index (κ1) is 8.12. The Balaban J connectivity index is 0.000000640. The second-order valence-corrected chi connectivity index (χ2v) is 1.38. The fourth-order valence-electron chi connectivity index (χ4n) is 0.465. The predicted molar refractivity (Wildman–Crippen MR) is 27.6 cm³/mol. The average molecular weight is 185 g/mol. The van der Waals surface area contributed by atoms with E-state index in [4.69, 9.17) is 5.26 Å². The molecule has 1 aromatic heterocycles. The van der Waals surface area contributed by atoms with Crippen molar-refractivity contribution in [2.45, 2.75) is 0 Å². The van der Waals surface area contributed by atoms with Crippen LogP contribution in [0.1, 0.15) is 0 Å². The Morgan fingerprint density at radius 2 is 1.67 bits per heavy atom. The molecule has 1 aromatic rings. The number of pyridine rings is 1. The Morgan fingerprint density at radius 3 is 2.00 bits per heavy atom. The Hall–Kier alpha value is -0.880. The van der Waals surface area contributed by atoms with Gasteiger partial charge in [-0.25, -0.2) is 0 Å². The van der Waals surface area contributed by atoms with Crippen molar-refractivity contribution in [3.8, 4) is 6.19 Å². The van der Waals surface area contributed by atoms with E-state index >= 15 is 0 Å². The zero-order valence-corrected chi connectivity index (χ0v) is 6.25. The zero-order chi connectivity index (χ0) is 5.82. The molecule has 9 heavy (non-hydrogen) atoms. The van der Waals surface area contributed by atoms with E-state index in [1.54, 1.807) is 12.4 Å². The highest BCUT2D eigenvalue weighted by Crippen LogP contribution is 1.72. The van der Waals surface area contributed by atoms with Gasteiger partial charge in [-0.3, -0.25) is 0 Å². The van der Waals surface area contributed by atoms with E-state index in [9.17, 15) is 0 Å². The molecule has 0 atom stereocenters. The van der Waals surface area contributed by atoms with Crippen LogP contribution >= 0.6 is 0 Å². The van der Waals surface area contributed by atoms with Crippen LogP contribution in [0.15, 0.2) is 30.6 Å². The summed E-state index contributed by atoms with van der Waals surface area (Å²) in [6, 6.07) is 5.49. The van der Waals surface area contributed by atoms with Gasteiger partial charge in [-0.05, 0) is 12.1 Å². The molecule has 46 valence electrons. The number of hydrogen-bond acceptors (Lipinski definition) is 1. The lowest BCUT2D eigenvalue weighted by atomic mass is 10.5. The third-order valence-electron chi connectivity index (χ3n) is 0.831. The standard InChI is InChI=1S/C6H5N2.BrH/c7-6-8-4-2-1-3-5-8;/h1-5H;1H/q+1;/p-1. The van der Waals surface area contributed by atoms with E-state index < -0.39 is 0 Å². The number of hydrogen-bond donors (Lipinski definition) is 0. The monoisotopic (exact) mass is 184 g/mol. The van der Waals surface area contributed by atoms with Gasteiger partial charge in [0.2, 0.25) is 0 Å². The van der Waals surface area contributed by atoms with Crippen LogP contribution in [0.25, 0.3) is 0 Å². The Morgan fingerprint density at radius 1 is 1.11 bits per heavy atom. The maximum atomic E-state index is 8.25. The van der Waals surface area contributed by atoms with Crippen LogP contribution in [-0.2, 0) is 0 Å². The fourth-order valence-corrected chi connectivity index (χ4v) is 0.465. The van der Waals surface area contributed by atoms with Crippen LogP contribution < -0.4 is 21.5 Å². The fraction of sp³-hybridized carbons (Fsp3) is 0. The molecule has 0 saturated heterocycles. The Labute approximate surface area is 64.1 Å². The van der Waals surface area contributed by atoms with E-state index in [-0.39, 0.29) is 17.0 Å². The summed E-state index contributed by atoms with van der Waals surface area (Å²) in [6.07, 6.45) is 5.33. The third-order valence-corrected chi connectivity index (χ3v) is 0.831. The maximum Gasteiger partial charge on any atom is 0.463 e. The van der Waals surface area contributed by atoms with Crippen LogP contribution in [0.3, 0.4) is 0 Å². The molecule has 0 aliphatic carbocycles. The summed E-state index contributed by atoms with van der Waals surface area (Å²) in [5, 5.41) is 8.25. The van der Waals surface area contributed by atoms with Crippen LogP contribution in [0.5, 0.6) is 0 Å². The van der Waals surface area contributed by atoms with Gasteiger partial charge in [-0.15, -0.1) is 4.57 Å². The first-order valence-corrected chi connectivity index (χ1v) is 2.30. The molecule has 0 unspecified atom stereocenters. The molecule has 0 bridgehead atoms.